The Hall–Kier alpha value is -1.75. The number of thiazole rings is 1. The molecule has 0 aliphatic rings. The molecular weight excluding hydrogens is 284 g/mol. The summed E-state index contributed by atoms with van der Waals surface area (Å²) in [6, 6.07) is 5.88. The maximum atomic E-state index is 5.65. The molecule has 0 amide bonds. The van der Waals surface area contributed by atoms with Crippen LogP contribution in [0, 0.1) is 6.92 Å². The van der Waals surface area contributed by atoms with Crippen molar-refractivity contribution in [3.05, 3.63) is 34.3 Å². The third-order valence-electron chi connectivity index (χ3n) is 3.07. The quantitative estimate of drug-likeness (QED) is 0.803. The monoisotopic (exact) mass is 306 g/mol. The summed E-state index contributed by atoms with van der Waals surface area (Å²) in [6.07, 6.45) is 0.959. The summed E-state index contributed by atoms with van der Waals surface area (Å²) in [5.41, 5.74) is 3.99. The van der Waals surface area contributed by atoms with Gasteiger partial charge in [-0.3, -0.25) is 0 Å². The highest BCUT2D eigenvalue weighted by molar-refractivity contribution is 7.09. The number of rotatable bonds is 8. The lowest BCUT2D eigenvalue weighted by molar-refractivity contribution is 0.332. The number of ether oxygens (including phenoxy) is 2. The molecule has 0 bridgehead atoms. The van der Waals surface area contributed by atoms with E-state index in [1.807, 2.05) is 44.5 Å². The van der Waals surface area contributed by atoms with Crippen LogP contribution >= 0.6 is 11.3 Å². The molecule has 5 heteroatoms. The van der Waals surface area contributed by atoms with Gasteiger partial charge >= 0.3 is 0 Å². The van der Waals surface area contributed by atoms with Crippen LogP contribution in [0.25, 0.3) is 0 Å². The van der Waals surface area contributed by atoms with Gasteiger partial charge in [-0.05, 0) is 32.9 Å². The van der Waals surface area contributed by atoms with E-state index in [0.29, 0.717) is 13.2 Å². The van der Waals surface area contributed by atoms with Gasteiger partial charge < -0.3 is 14.8 Å². The van der Waals surface area contributed by atoms with E-state index in [1.54, 1.807) is 11.3 Å². The summed E-state index contributed by atoms with van der Waals surface area (Å²) in [4.78, 5) is 5.59. The molecule has 0 saturated carbocycles. The third-order valence-corrected chi connectivity index (χ3v) is 4.07. The van der Waals surface area contributed by atoms with E-state index in [2.05, 4.69) is 10.3 Å². The number of nitrogens with one attached hydrogen (secondary N) is 1. The van der Waals surface area contributed by atoms with Gasteiger partial charge in [-0.1, -0.05) is 0 Å². The standard InChI is InChI=1S/C16H22N2O2S/c1-4-19-13-6-7-15(20-5-2)14(10-13)17-9-8-16-12(3)18-11-21-16/h6-7,10-11,17H,4-5,8-9H2,1-3H3. The van der Waals surface area contributed by atoms with Crippen LogP contribution in [0.4, 0.5) is 5.69 Å². The third kappa shape index (κ3) is 4.36. The van der Waals surface area contributed by atoms with Crippen molar-refractivity contribution < 1.29 is 9.47 Å². The van der Waals surface area contributed by atoms with E-state index in [1.165, 1.54) is 4.88 Å². The van der Waals surface area contributed by atoms with Crippen LogP contribution in [-0.2, 0) is 6.42 Å². The molecule has 2 aromatic rings. The Morgan fingerprint density at radius 3 is 2.67 bits per heavy atom. The van der Waals surface area contributed by atoms with Gasteiger partial charge in [0.25, 0.3) is 0 Å². The Kier molecular flexibility index (Phi) is 5.87. The lowest BCUT2D eigenvalue weighted by atomic mass is 10.2. The van der Waals surface area contributed by atoms with E-state index in [4.69, 9.17) is 9.47 Å². The van der Waals surface area contributed by atoms with E-state index in [-0.39, 0.29) is 0 Å². The van der Waals surface area contributed by atoms with Gasteiger partial charge in [-0.15, -0.1) is 11.3 Å². The van der Waals surface area contributed by atoms with Gasteiger partial charge in [-0.2, -0.15) is 0 Å². The number of aryl methyl sites for hydroxylation is 1. The first-order valence-corrected chi connectivity index (χ1v) is 8.15. The minimum absolute atomic E-state index is 0.649. The highest BCUT2D eigenvalue weighted by atomic mass is 32.1. The van der Waals surface area contributed by atoms with Crippen molar-refractivity contribution in [2.45, 2.75) is 27.2 Å². The fourth-order valence-corrected chi connectivity index (χ4v) is 2.84. The lowest BCUT2D eigenvalue weighted by Crippen LogP contribution is -2.07. The van der Waals surface area contributed by atoms with Crippen LogP contribution in [0.2, 0.25) is 0 Å². The van der Waals surface area contributed by atoms with Gasteiger partial charge in [0.15, 0.2) is 0 Å². The molecule has 2 rings (SSSR count). The number of benzene rings is 1. The Morgan fingerprint density at radius 1 is 1.19 bits per heavy atom. The molecule has 0 aliphatic carbocycles. The fourth-order valence-electron chi connectivity index (χ4n) is 2.06. The molecule has 4 nitrogen and oxygen atoms in total. The SMILES string of the molecule is CCOc1ccc(OCC)c(NCCc2scnc2C)c1. The molecule has 1 N–H and O–H groups in total. The maximum absolute atomic E-state index is 5.65. The average molecular weight is 306 g/mol. The summed E-state index contributed by atoms with van der Waals surface area (Å²) in [5.74, 6) is 1.72. The minimum atomic E-state index is 0.649. The minimum Gasteiger partial charge on any atom is -0.494 e. The molecule has 1 aromatic heterocycles. The smallest absolute Gasteiger partial charge is 0.142 e. The van der Waals surface area contributed by atoms with Gasteiger partial charge in [0.1, 0.15) is 11.5 Å². The van der Waals surface area contributed by atoms with Gasteiger partial charge in [-0.25, -0.2) is 4.98 Å². The molecule has 1 heterocycles. The maximum Gasteiger partial charge on any atom is 0.142 e. The van der Waals surface area contributed by atoms with Gasteiger partial charge in [0.2, 0.25) is 0 Å². The van der Waals surface area contributed by atoms with Crippen molar-refractivity contribution in [3.8, 4) is 11.5 Å². The number of aromatic nitrogens is 1. The zero-order valence-electron chi connectivity index (χ0n) is 12.8. The normalized spacial score (nSPS) is 10.4. The molecule has 0 unspecified atom stereocenters. The summed E-state index contributed by atoms with van der Waals surface area (Å²) < 4.78 is 11.2. The van der Waals surface area contributed by atoms with Crippen molar-refractivity contribution in [2.75, 3.05) is 25.1 Å². The van der Waals surface area contributed by atoms with Crippen molar-refractivity contribution in [1.29, 1.82) is 0 Å². The van der Waals surface area contributed by atoms with E-state index < -0.39 is 0 Å². The molecule has 0 fully saturated rings. The first-order chi connectivity index (χ1) is 10.2. The van der Waals surface area contributed by atoms with Gasteiger partial charge in [0, 0.05) is 23.9 Å². The summed E-state index contributed by atoms with van der Waals surface area (Å²) >= 11 is 1.70. The highest BCUT2D eigenvalue weighted by Gasteiger charge is 2.07. The molecule has 0 aliphatic heterocycles. The van der Waals surface area contributed by atoms with E-state index in [9.17, 15) is 0 Å². The van der Waals surface area contributed by atoms with E-state index >= 15 is 0 Å². The first kappa shape index (κ1) is 15.6. The van der Waals surface area contributed by atoms with Crippen LogP contribution in [0.5, 0.6) is 11.5 Å². The number of hydrogen-bond acceptors (Lipinski definition) is 5. The predicted octanol–water partition coefficient (Wildman–Crippen LogP) is 3.90. The second-order valence-corrected chi connectivity index (χ2v) is 5.50. The zero-order valence-corrected chi connectivity index (χ0v) is 13.6. The second kappa shape index (κ2) is 7.88. The largest absolute Gasteiger partial charge is 0.494 e. The Morgan fingerprint density at radius 2 is 2.00 bits per heavy atom. The molecular formula is C16H22N2O2S. The summed E-state index contributed by atoms with van der Waals surface area (Å²) in [6.45, 7) is 8.17. The number of hydrogen-bond donors (Lipinski definition) is 1. The Bertz CT molecular complexity index is 569. The number of nitrogens with zero attached hydrogens (tertiary/aromatic N) is 1. The average Bonchev–Trinajstić information content (AvgIpc) is 2.88. The van der Waals surface area contributed by atoms with Crippen molar-refractivity contribution in [3.63, 3.8) is 0 Å². The Labute approximate surface area is 130 Å². The first-order valence-electron chi connectivity index (χ1n) is 7.27. The van der Waals surface area contributed by atoms with Crippen molar-refractivity contribution in [2.24, 2.45) is 0 Å². The number of anilines is 1. The molecule has 21 heavy (non-hydrogen) atoms. The molecule has 0 radical (unpaired) electrons. The predicted molar refractivity (Wildman–Crippen MR) is 87.8 cm³/mol. The van der Waals surface area contributed by atoms with Crippen LogP contribution < -0.4 is 14.8 Å². The molecule has 0 saturated heterocycles. The van der Waals surface area contributed by atoms with Crippen LogP contribution in [0.3, 0.4) is 0 Å². The van der Waals surface area contributed by atoms with E-state index in [0.717, 1.165) is 35.8 Å². The van der Waals surface area contributed by atoms with Crippen LogP contribution in [-0.4, -0.2) is 24.7 Å². The van der Waals surface area contributed by atoms with Gasteiger partial charge in [0.05, 0.1) is 30.1 Å². The van der Waals surface area contributed by atoms with Crippen LogP contribution in [0.15, 0.2) is 23.7 Å². The van der Waals surface area contributed by atoms with Crippen molar-refractivity contribution >= 4 is 17.0 Å². The van der Waals surface area contributed by atoms with Crippen LogP contribution in [0.1, 0.15) is 24.4 Å². The lowest BCUT2D eigenvalue weighted by Gasteiger charge is -2.14. The molecule has 114 valence electrons. The highest BCUT2D eigenvalue weighted by Crippen LogP contribution is 2.29. The molecule has 0 spiro atoms. The summed E-state index contributed by atoms with van der Waals surface area (Å²) in [5, 5.41) is 3.44. The summed E-state index contributed by atoms with van der Waals surface area (Å²) in [7, 11) is 0. The fraction of sp³-hybridized carbons (Fsp3) is 0.438. The topological polar surface area (TPSA) is 43.4 Å². The second-order valence-electron chi connectivity index (χ2n) is 4.56. The molecule has 0 atom stereocenters. The molecule has 1 aromatic carbocycles. The van der Waals surface area contributed by atoms with Crippen molar-refractivity contribution in [1.82, 2.24) is 4.98 Å². The zero-order chi connectivity index (χ0) is 15.1. The Balaban J connectivity index is 2.02.